The Morgan fingerprint density at radius 2 is 1.96 bits per heavy atom. The molecule has 144 valence electrons. The lowest BCUT2D eigenvalue weighted by Crippen LogP contribution is -2.35. The van der Waals surface area contributed by atoms with Crippen LogP contribution in [0.15, 0.2) is 38.9 Å². The van der Waals surface area contributed by atoms with Gasteiger partial charge in [0.15, 0.2) is 0 Å². The van der Waals surface area contributed by atoms with Crippen LogP contribution in [0.1, 0.15) is 18.2 Å². The third-order valence-electron chi connectivity index (χ3n) is 3.23. The normalized spacial score (nSPS) is 12.1. The van der Waals surface area contributed by atoms with Gasteiger partial charge in [-0.15, -0.1) is 0 Å². The van der Waals surface area contributed by atoms with E-state index < -0.39 is 29.1 Å². The van der Waals surface area contributed by atoms with Gasteiger partial charge in [-0.25, -0.2) is 14.2 Å². The summed E-state index contributed by atoms with van der Waals surface area (Å²) in [6.45, 7) is 1.67. The minimum atomic E-state index is -4.88. The maximum absolute atomic E-state index is 12.7. The van der Waals surface area contributed by atoms with Crippen molar-refractivity contribution in [1.82, 2.24) is 9.55 Å². The van der Waals surface area contributed by atoms with Crippen LogP contribution in [0.25, 0.3) is 11.8 Å². The number of aromatic amines is 1. The summed E-state index contributed by atoms with van der Waals surface area (Å²) in [6, 6.07) is 4.02. The van der Waals surface area contributed by atoms with Crippen LogP contribution in [0, 0.1) is 0 Å². The molecule has 0 spiro atoms. The minimum absolute atomic E-state index is 0.0704. The highest BCUT2D eigenvalue weighted by atomic mass is 35.5. The molecule has 0 saturated carbocycles. The largest absolute Gasteiger partial charge is 0.462 e. The van der Waals surface area contributed by atoms with Crippen molar-refractivity contribution in [2.24, 2.45) is 0 Å². The SMILES string of the molecule is CCOC(=O)C(Cl)=Cc1cc(-n2c(=O)cc(C(F)(F)F)[nH]c2=O)ccc1Cl. The quantitative estimate of drug-likeness (QED) is 0.605. The minimum Gasteiger partial charge on any atom is -0.462 e. The number of esters is 1. The average molecular weight is 423 g/mol. The summed E-state index contributed by atoms with van der Waals surface area (Å²) in [5.74, 6) is -0.815. The fourth-order valence-corrected chi connectivity index (χ4v) is 2.41. The molecule has 0 amide bonds. The fourth-order valence-electron chi connectivity index (χ4n) is 2.07. The van der Waals surface area contributed by atoms with Gasteiger partial charge in [0.2, 0.25) is 0 Å². The van der Waals surface area contributed by atoms with Gasteiger partial charge in [-0.05, 0) is 36.8 Å². The second-order valence-electron chi connectivity index (χ2n) is 5.08. The van der Waals surface area contributed by atoms with Crippen molar-refractivity contribution in [2.45, 2.75) is 13.1 Å². The molecule has 0 aliphatic heterocycles. The van der Waals surface area contributed by atoms with Crippen molar-refractivity contribution in [3.8, 4) is 5.69 Å². The van der Waals surface area contributed by atoms with E-state index in [1.165, 1.54) is 18.2 Å². The van der Waals surface area contributed by atoms with E-state index >= 15 is 0 Å². The van der Waals surface area contributed by atoms with Crippen LogP contribution in [-0.2, 0) is 15.7 Å². The van der Waals surface area contributed by atoms with Gasteiger partial charge in [0, 0.05) is 11.1 Å². The maximum Gasteiger partial charge on any atom is 0.431 e. The lowest BCUT2D eigenvalue weighted by Gasteiger charge is -2.10. The van der Waals surface area contributed by atoms with E-state index in [0.29, 0.717) is 4.57 Å². The van der Waals surface area contributed by atoms with E-state index in [9.17, 15) is 27.6 Å². The molecule has 0 atom stereocenters. The number of carbonyl (C=O) groups excluding carboxylic acids is 1. The van der Waals surface area contributed by atoms with Gasteiger partial charge in [0.1, 0.15) is 10.7 Å². The van der Waals surface area contributed by atoms with E-state index in [-0.39, 0.29) is 34.0 Å². The number of nitrogens with zero attached hydrogens (tertiary/aromatic N) is 1. The molecule has 2 aromatic rings. The molecule has 0 saturated heterocycles. The van der Waals surface area contributed by atoms with Gasteiger partial charge in [0.25, 0.3) is 5.56 Å². The lowest BCUT2D eigenvalue weighted by atomic mass is 10.1. The lowest BCUT2D eigenvalue weighted by molar-refractivity contribution is -0.141. The molecule has 0 radical (unpaired) electrons. The first kappa shape index (κ1) is 20.8. The van der Waals surface area contributed by atoms with Gasteiger partial charge in [0.05, 0.1) is 12.3 Å². The van der Waals surface area contributed by atoms with Gasteiger partial charge in [-0.2, -0.15) is 13.2 Å². The number of H-pyrrole nitrogens is 1. The summed E-state index contributed by atoms with van der Waals surface area (Å²) >= 11 is 11.8. The zero-order chi connectivity index (χ0) is 20.4. The Kier molecular flexibility index (Phi) is 6.17. The standard InChI is InChI=1S/C16H11Cl2F3N2O4/c1-2-27-14(25)11(18)6-8-5-9(3-4-10(8)17)23-13(24)7-12(16(19,20)21)22-15(23)26/h3-7H,2H2,1H3,(H,22,26). The Morgan fingerprint density at radius 3 is 2.52 bits per heavy atom. The van der Waals surface area contributed by atoms with Crippen molar-refractivity contribution < 1.29 is 22.7 Å². The molecule has 0 fully saturated rings. The fraction of sp³-hybridized carbons (Fsp3) is 0.188. The molecule has 0 bridgehead atoms. The van der Waals surface area contributed by atoms with Crippen LogP contribution in [-0.4, -0.2) is 22.1 Å². The number of hydrogen-bond acceptors (Lipinski definition) is 4. The maximum atomic E-state index is 12.7. The highest BCUT2D eigenvalue weighted by molar-refractivity contribution is 6.43. The molecular formula is C16H11Cl2F3N2O4. The van der Waals surface area contributed by atoms with Crippen LogP contribution in [0.3, 0.4) is 0 Å². The number of hydrogen-bond donors (Lipinski definition) is 1. The second-order valence-corrected chi connectivity index (χ2v) is 5.89. The molecule has 1 aromatic carbocycles. The van der Waals surface area contributed by atoms with Crippen molar-refractivity contribution >= 4 is 35.2 Å². The van der Waals surface area contributed by atoms with Crippen molar-refractivity contribution in [3.05, 3.63) is 66.4 Å². The third kappa shape index (κ3) is 4.81. The van der Waals surface area contributed by atoms with Gasteiger partial charge in [-0.1, -0.05) is 23.2 Å². The number of aromatic nitrogens is 2. The summed E-state index contributed by atoms with van der Waals surface area (Å²) in [6.07, 6.45) is -3.73. The van der Waals surface area contributed by atoms with Crippen molar-refractivity contribution in [1.29, 1.82) is 0 Å². The molecule has 1 aromatic heterocycles. The van der Waals surface area contributed by atoms with E-state index in [2.05, 4.69) is 0 Å². The first-order valence-electron chi connectivity index (χ1n) is 7.32. The Hall–Kier alpha value is -2.52. The zero-order valence-electron chi connectivity index (χ0n) is 13.6. The molecule has 0 unspecified atom stereocenters. The summed E-state index contributed by atoms with van der Waals surface area (Å²) in [7, 11) is 0. The van der Waals surface area contributed by atoms with Crippen LogP contribution in [0.5, 0.6) is 0 Å². The Bertz CT molecular complexity index is 994. The number of ether oxygens (including phenoxy) is 1. The number of halogens is 5. The molecular weight excluding hydrogens is 412 g/mol. The van der Waals surface area contributed by atoms with Crippen molar-refractivity contribution in [3.63, 3.8) is 0 Å². The monoisotopic (exact) mass is 422 g/mol. The van der Waals surface area contributed by atoms with Crippen LogP contribution in [0.2, 0.25) is 5.02 Å². The number of carbonyl (C=O) groups is 1. The Labute approximate surface area is 159 Å². The van der Waals surface area contributed by atoms with Gasteiger partial charge in [-0.3, -0.25) is 4.79 Å². The molecule has 6 nitrogen and oxygen atoms in total. The first-order valence-corrected chi connectivity index (χ1v) is 8.08. The first-order chi connectivity index (χ1) is 12.5. The van der Waals surface area contributed by atoms with Crippen LogP contribution in [0.4, 0.5) is 13.2 Å². The topological polar surface area (TPSA) is 81.2 Å². The molecule has 27 heavy (non-hydrogen) atoms. The highest BCUT2D eigenvalue weighted by Crippen LogP contribution is 2.26. The van der Waals surface area contributed by atoms with E-state index in [1.807, 2.05) is 0 Å². The van der Waals surface area contributed by atoms with E-state index in [0.717, 1.165) is 6.08 Å². The summed E-state index contributed by atoms with van der Waals surface area (Å²) in [5.41, 5.74) is -3.87. The predicted molar refractivity (Wildman–Crippen MR) is 93.1 cm³/mol. The molecule has 11 heteroatoms. The highest BCUT2D eigenvalue weighted by Gasteiger charge is 2.33. The van der Waals surface area contributed by atoms with Gasteiger partial charge < -0.3 is 9.72 Å². The van der Waals surface area contributed by atoms with E-state index in [1.54, 1.807) is 11.9 Å². The number of benzene rings is 1. The molecule has 1 N–H and O–H groups in total. The number of alkyl halides is 3. The zero-order valence-corrected chi connectivity index (χ0v) is 15.1. The van der Waals surface area contributed by atoms with Crippen molar-refractivity contribution in [2.75, 3.05) is 6.61 Å². The molecule has 0 aliphatic rings. The van der Waals surface area contributed by atoms with E-state index in [4.69, 9.17) is 27.9 Å². The van der Waals surface area contributed by atoms with Crippen LogP contribution < -0.4 is 11.2 Å². The molecule has 1 heterocycles. The molecule has 0 aliphatic carbocycles. The third-order valence-corrected chi connectivity index (χ3v) is 3.84. The number of rotatable bonds is 4. The summed E-state index contributed by atoms with van der Waals surface area (Å²) < 4.78 is 43.2. The second kappa shape index (κ2) is 8.01. The predicted octanol–water partition coefficient (Wildman–Crippen LogP) is 3.34. The summed E-state index contributed by atoms with van der Waals surface area (Å²) in [5, 5.41) is -0.192. The van der Waals surface area contributed by atoms with Crippen LogP contribution >= 0.6 is 23.2 Å². The Morgan fingerprint density at radius 1 is 1.30 bits per heavy atom. The smallest absolute Gasteiger partial charge is 0.431 e. The summed E-state index contributed by atoms with van der Waals surface area (Å²) in [4.78, 5) is 37.2. The molecule has 2 rings (SSSR count). The Balaban J connectivity index is 2.57. The average Bonchev–Trinajstić information content (AvgIpc) is 2.56. The number of nitrogens with one attached hydrogen (secondary N) is 1. The van der Waals surface area contributed by atoms with Gasteiger partial charge >= 0.3 is 17.8 Å².